The fourth-order valence-corrected chi connectivity index (χ4v) is 3.87. The van der Waals surface area contributed by atoms with E-state index in [1.807, 2.05) is 6.07 Å². The van der Waals surface area contributed by atoms with Crippen molar-refractivity contribution >= 4 is 21.4 Å². The predicted molar refractivity (Wildman–Crippen MR) is 83.9 cm³/mol. The first-order chi connectivity index (χ1) is 10.0. The Bertz CT molecular complexity index is 620. The molecule has 1 saturated carbocycles. The van der Waals surface area contributed by atoms with Crippen molar-refractivity contribution in [3.05, 3.63) is 18.2 Å². The van der Waals surface area contributed by atoms with Gasteiger partial charge in [-0.2, -0.15) is 0 Å². The second-order valence-electron chi connectivity index (χ2n) is 5.69. The van der Waals surface area contributed by atoms with Crippen molar-refractivity contribution in [1.29, 1.82) is 0 Å². The number of nitrogen functional groups attached to an aromatic ring is 1. The maximum Gasteiger partial charge on any atom is 0.242 e. The van der Waals surface area contributed by atoms with Crippen LogP contribution in [0.3, 0.4) is 0 Å². The van der Waals surface area contributed by atoms with Gasteiger partial charge in [-0.05, 0) is 38.1 Å². The molecular weight excluding hydrogens is 288 g/mol. The molecule has 0 bridgehead atoms. The number of benzene rings is 1. The fraction of sp³-hybridized carbons (Fsp3) is 0.571. The first-order valence-electron chi connectivity index (χ1n) is 7.33. The van der Waals surface area contributed by atoms with Gasteiger partial charge in [-0.25, -0.2) is 13.1 Å². The Morgan fingerprint density at radius 3 is 2.43 bits per heavy atom. The van der Waals surface area contributed by atoms with Gasteiger partial charge < -0.3 is 10.6 Å². The van der Waals surface area contributed by atoms with E-state index in [9.17, 15) is 8.42 Å². The summed E-state index contributed by atoms with van der Waals surface area (Å²) in [5.41, 5.74) is 6.97. The van der Waals surface area contributed by atoms with Gasteiger partial charge in [0.2, 0.25) is 10.0 Å². The second-order valence-corrected chi connectivity index (χ2v) is 7.54. The molecule has 3 N–H and O–H groups in total. The molecule has 6 nitrogen and oxygen atoms in total. The Morgan fingerprint density at radius 2 is 1.86 bits per heavy atom. The van der Waals surface area contributed by atoms with Gasteiger partial charge in [-0.1, -0.05) is 0 Å². The van der Waals surface area contributed by atoms with Crippen LogP contribution in [0.15, 0.2) is 23.1 Å². The molecule has 0 amide bonds. The Kier molecular flexibility index (Phi) is 3.81. The Morgan fingerprint density at radius 1 is 1.19 bits per heavy atom. The first-order valence-corrected chi connectivity index (χ1v) is 8.81. The summed E-state index contributed by atoms with van der Waals surface area (Å²) in [4.78, 5) is 4.91. The molecule has 1 aromatic carbocycles. The number of nitrogens with one attached hydrogen (secondary N) is 1. The molecule has 7 heteroatoms. The van der Waals surface area contributed by atoms with Gasteiger partial charge >= 0.3 is 0 Å². The van der Waals surface area contributed by atoms with E-state index >= 15 is 0 Å². The van der Waals surface area contributed by atoms with E-state index in [4.69, 9.17) is 5.73 Å². The largest absolute Gasteiger partial charge is 0.399 e. The molecular formula is C14H22N4O2S. The molecule has 0 unspecified atom stereocenters. The third kappa shape index (κ3) is 3.00. The zero-order valence-corrected chi connectivity index (χ0v) is 13.1. The highest BCUT2D eigenvalue weighted by Crippen LogP contribution is 2.31. The molecule has 1 heterocycles. The topological polar surface area (TPSA) is 78.7 Å². The third-order valence-electron chi connectivity index (χ3n) is 4.26. The number of piperazine rings is 1. The molecule has 21 heavy (non-hydrogen) atoms. The van der Waals surface area contributed by atoms with Crippen LogP contribution in [0.25, 0.3) is 0 Å². The van der Waals surface area contributed by atoms with Crippen molar-refractivity contribution < 1.29 is 8.42 Å². The highest BCUT2D eigenvalue weighted by molar-refractivity contribution is 7.89. The van der Waals surface area contributed by atoms with Gasteiger partial charge in [-0.15, -0.1) is 0 Å². The minimum absolute atomic E-state index is 0.268. The lowest BCUT2D eigenvalue weighted by atomic mass is 10.2. The fourth-order valence-electron chi connectivity index (χ4n) is 2.88. The summed E-state index contributed by atoms with van der Waals surface area (Å²) in [5, 5.41) is 0. The first kappa shape index (κ1) is 14.6. The van der Waals surface area contributed by atoms with Crippen molar-refractivity contribution in [3.63, 3.8) is 0 Å². The van der Waals surface area contributed by atoms with Crippen LogP contribution in [0.2, 0.25) is 0 Å². The van der Waals surface area contributed by atoms with E-state index in [0.29, 0.717) is 5.69 Å². The summed E-state index contributed by atoms with van der Waals surface area (Å²) in [5.74, 6) is 0. The number of rotatable bonds is 4. The van der Waals surface area contributed by atoms with Crippen molar-refractivity contribution in [1.82, 2.24) is 9.62 Å². The summed E-state index contributed by atoms with van der Waals surface area (Å²) >= 11 is 0. The Hall–Kier alpha value is -1.31. The molecule has 0 aromatic heterocycles. The monoisotopic (exact) mass is 310 g/mol. The highest BCUT2D eigenvalue weighted by atomic mass is 32.2. The normalized spacial score (nSPS) is 20.7. The number of nitrogens with zero attached hydrogens (tertiary/aromatic N) is 2. The average Bonchev–Trinajstić information content (AvgIpc) is 3.32. The molecule has 1 aliphatic heterocycles. The molecule has 3 rings (SSSR count). The number of anilines is 2. The highest BCUT2D eigenvalue weighted by Gasteiger charge is 2.32. The maximum atomic E-state index is 12.2. The summed E-state index contributed by atoms with van der Waals surface area (Å²) in [6, 6.07) is 5.87. The summed E-state index contributed by atoms with van der Waals surface area (Å²) in [6.07, 6.45) is 2.61. The Labute approximate surface area is 126 Å². The summed E-state index contributed by atoms with van der Waals surface area (Å²) in [7, 11) is -2.08. The van der Waals surface area contributed by atoms with Crippen molar-refractivity contribution in [3.8, 4) is 0 Å². The van der Waals surface area contributed by atoms with Crippen LogP contribution in [0.4, 0.5) is 11.4 Å². The lowest BCUT2D eigenvalue weighted by molar-refractivity contribution is 0.248. The van der Waals surface area contributed by atoms with Gasteiger partial charge in [0, 0.05) is 37.9 Å². The van der Waals surface area contributed by atoms with Crippen LogP contribution in [-0.2, 0) is 10.0 Å². The lowest BCUT2D eigenvalue weighted by Crippen LogP contribution is -2.47. The van der Waals surface area contributed by atoms with E-state index in [1.165, 1.54) is 26.0 Å². The molecule has 0 atom stereocenters. The zero-order chi connectivity index (χ0) is 15.0. The quantitative estimate of drug-likeness (QED) is 0.790. The standard InChI is InChI=1S/C14H22N4O2S/c1-16-21(19,20)14-10-11(15)2-5-13(14)18-8-6-17(7-9-18)12-3-4-12/h2,5,10,12,16H,3-4,6-9,15H2,1H3. The number of hydrogen-bond donors (Lipinski definition) is 2. The van der Waals surface area contributed by atoms with Crippen molar-refractivity contribution in [2.45, 2.75) is 23.8 Å². The smallest absolute Gasteiger partial charge is 0.242 e. The van der Waals surface area contributed by atoms with Crippen molar-refractivity contribution in [2.75, 3.05) is 43.9 Å². The molecule has 2 aliphatic rings. The van der Waals surface area contributed by atoms with Crippen LogP contribution < -0.4 is 15.4 Å². The number of hydrogen-bond acceptors (Lipinski definition) is 5. The SMILES string of the molecule is CNS(=O)(=O)c1cc(N)ccc1N1CCN(C2CC2)CC1. The summed E-state index contributed by atoms with van der Waals surface area (Å²) in [6.45, 7) is 3.70. The minimum atomic E-state index is -3.50. The van der Waals surface area contributed by atoms with Gasteiger partial charge in [0.1, 0.15) is 4.90 Å². The van der Waals surface area contributed by atoms with Crippen LogP contribution in [0.5, 0.6) is 0 Å². The third-order valence-corrected chi connectivity index (χ3v) is 5.70. The van der Waals surface area contributed by atoms with Crippen LogP contribution in [0, 0.1) is 0 Å². The van der Waals surface area contributed by atoms with Gasteiger partial charge in [-0.3, -0.25) is 4.90 Å². The van der Waals surface area contributed by atoms with Gasteiger partial charge in [0.15, 0.2) is 0 Å². The lowest BCUT2D eigenvalue weighted by Gasteiger charge is -2.37. The van der Waals surface area contributed by atoms with Gasteiger partial charge in [0.05, 0.1) is 5.69 Å². The van der Waals surface area contributed by atoms with E-state index in [2.05, 4.69) is 14.5 Å². The van der Waals surface area contributed by atoms with Crippen LogP contribution in [-0.4, -0.2) is 52.6 Å². The zero-order valence-electron chi connectivity index (χ0n) is 12.2. The minimum Gasteiger partial charge on any atom is -0.399 e. The molecule has 0 radical (unpaired) electrons. The van der Waals surface area contributed by atoms with Gasteiger partial charge in [0.25, 0.3) is 0 Å². The molecule has 1 aliphatic carbocycles. The van der Waals surface area contributed by atoms with Crippen LogP contribution in [0.1, 0.15) is 12.8 Å². The number of nitrogens with two attached hydrogens (primary N) is 1. The molecule has 1 saturated heterocycles. The second kappa shape index (κ2) is 5.47. The maximum absolute atomic E-state index is 12.2. The molecule has 116 valence electrons. The van der Waals surface area contributed by atoms with Crippen molar-refractivity contribution in [2.24, 2.45) is 0 Å². The van der Waals surface area contributed by atoms with Crippen LogP contribution >= 0.6 is 0 Å². The van der Waals surface area contributed by atoms with E-state index in [-0.39, 0.29) is 4.90 Å². The number of sulfonamides is 1. The molecule has 0 spiro atoms. The molecule has 2 fully saturated rings. The summed E-state index contributed by atoms with van der Waals surface area (Å²) < 4.78 is 26.8. The van der Waals surface area contributed by atoms with E-state index < -0.39 is 10.0 Å². The average molecular weight is 310 g/mol. The van der Waals surface area contributed by atoms with E-state index in [1.54, 1.807) is 6.07 Å². The van der Waals surface area contributed by atoms with E-state index in [0.717, 1.165) is 37.9 Å². The predicted octanol–water partition coefficient (Wildman–Crippen LogP) is 0.461. The molecule has 1 aromatic rings. The Balaban J connectivity index is 1.85.